The van der Waals surface area contributed by atoms with Crippen LogP contribution in [-0.2, 0) is 23.9 Å². The van der Waals surface area contributed by atoms with Crippen molar-refractivity contribution in [2.24, 2.45) is 35.0 Å². The summed E-state index contributed by atoms with van der Waals surface area (Å²) in [7, 11) is 1.79. The molecule has 0 spiro atoms. The molecule has 3 aliphatic rings. The van der Waals surface area contributed by atoms with Crippen LogP contribution in [0.15, 0.2) is 24.0 Å². The molecule has 0 saturated heterocycles. The molecule has 0 aromatic rings. The lowest BCUT2D eigenvalue weighted by molar-refractivity contribution is -0.147. The van der Waals surface area contributed by atoms with Crippen LogP contribution in [0.1, 0.15) is 73.1 Å². The number of esters is 1. The molecule has 2 bridgehead atoms. The predicted octanol–water partition coefficient (Wildman–Crippen LogP) is 5.04. The number of carbonyl (C=O) groups excluding carboxylic acids is 3. The van der Waals surface area contributed by atoms with Gasteiger partial charge < -0.3 is 14.3 Å². The highest BCUT2D eigenvalue weighted by Gasteiger charge is 2.59. The van der Waals surface area contributed by atoms with Crippen molar-refractivity contribution in [1.29, 1.82) is 0 Å². The Bertz CT molecular complexity index is 792. The minimum atomic E-state index is -0.419. The molecule has 0 aliphatic heterocycles. The van der Waals surface area contributed by atoms with Crippen molar-refractivity contribution in [1.82, 2.24) is 0 Å². The van der Waals surface area contributed by atoms with Gasteiger partial charge in [0.1, 0.15) is 11.6 Å². The van der Waals surface area contributed by atoms with Gasteiger partial charge in [-0.2, -0.15) is 0 Å². The highest BCUT2D eigenvalue weighted by atomic mass is 16.5. The van der Waals surface area contributed by atoms with Gasteiger partial charge in [-0.25, -0.2) is 4.79 Å². The average molecular weight is 431 g/mol. The van der Waals surface area contributed by atoms with Crippen molar-refractivity contribution < 1.29 is 23.9 Å². The number of methoxy groups -OCH3 is 1. The van der Waals surface area contributed by atoms with Gasteiger partial charge >= 0.3 is 5.97 Å². The SMILES string of the molecule is CO[C@@]1(C)CC[C@@H]2C(=O)[C@H](CC(C)=O)[C@@H](/C=C/OC(=O)C=C(C)C)[C@]3(C)CC[C@H]1[C@H]2C3. The summed E-state index contributed by atoms with van der Waals surface area (Å²) in [5.41, 5.74) is 0.568. The monoisotopic (exact) mass is 430 g/mol. The molecular formula is C26H38O5. The Morgan fingerprint density at radius 2 is 1.84 bits per heavy atom. The van der Waals surface area contributed by atoms with Crippen LogP contribution in [0.2, 0.25) is 0 Å². The normalized spacial score (nSPS) is 39.7. The second kappa shape index (κ2) is 9.01. The number of ketones is 2. The number of Topliss-reactive ketones (excluding diaryl/α,β-unsaturated/α-hetero) is 2. The lowest BCUT2D eigenvalue weighted by atomic mass is 9.54. The van der Waals surface area contributed by atoms with Crippen LogP contribution in [0.5, 0.6) is 0 Å². The maximum absolute atomic E-state index is 13.8. The van der Waals surface area contributed by atoms with Crippen molar-refractivity contribution >= 4 is 17.5 Å². The van der Waals surface area contributed by atoms with E-state index in [1.54, 1.807) is 14.0 Å². The van der Waals surface area contributed by atoms with Crippen molar-refractivity contribution in [3.8, 4) is 0 Å². The van der Waals surface area contributed by atoms with Crippen LogP contribution in [0.3, 0.4) is 0 Å². The molecule has 0 unspecified atom stereocenters. The van der Waals surface area contributed by atoms with E-state index in [9.17, 15) is 14.4 Å². The van der Waals surface area contributed by atoms with Crippen molar-refractivity contribution in [3.05, 3.63) is 24.0 Å². The molecule has 0 heterocycles. The fourth-order valence-corrected chi connectivity index (χ4v) is 6.72. The summed E-state index contributed by atoms with van der Waals surface area (Å²) in [6.45, 7) is 9.68. The predicted molar refractivity (Wildman–Crippen MR) is 119 cm³/mol. The molecule has 0 radical (unpaired) electrons. The van der Waals surface area contributed by atoms with E-state index in [1.807, 2.05) is 19.9 Å². The average Bonchev–Trinajstić information content (AvgIpc) is 2.74. The van der Waals surface area contributed by atoms with Crippen molar-refractivity contribution in [2.45, 2.75) is 78.7 Å². The molecule has 0 N–H and O–H groups in total. The van der Waals surface area contributed by atoms with Gasteiger partial charge in [0.25, 0.3) is 0 Å². The summed E-state index contributed by atoms with van der Waals surface area (Å²) in [4.78, 5) is 37.9. The molecule has 5 nitrogen and oxygen atoms in total. The molecule has 3 rings (SSSR count). The maximum Gasteiger partial charge on any atom is 0.335 e. The molecule has 31 heavy (non-hydrogen) atoms. The van der Waals surface area contributed by atoms with E-state index >= 15 is 0 Å². The van der Waals surface area contributed by atoms with Crippen LogP contribution >= 0.6 is 0 Å². The quantitative estimate of drug-likeness (QED) is 0.335. The number of ether oxygens (including phenoxy) is 2. The summed E-state index contributed by atoms with van der Waals surface area (Å²) < 4.78 is 11.3. The standard InChI is InChI=1S/C26H38O5/c1-16(2)13-23(28)31-12-9-21-19(14-17(3)27)24(29)18-7-11-26(5,30-6)22-8-10-25(21,4)15-20(18)22/h9,12-13,18-22H,7-8,10-11,14-15H2,1-6H3/b12-9+/t18-,19+,20-,21+,22-,25+,26-/m0/s1. The first-order valence-corrected chi connectivity index (χ1v) is 11.6. The van der Waals surface area contributed by atoms with Gasteiger partial charge in [-0.3, -0.25) is 4.79 Å². The van der Waals surface area contributed by atoms with Crippen molar-refractivity contribution in [3.63, 3.8) is 0 Å². The van der Waals surface area contributed by atoms with Gasteiger partial charge in [-0.05, 0) is 89.0 Å². The van der Waals surface area contributed by atoms with Gasteiger partial charge in [0, 0.05) is 31.4 Å². The summed E-state index contributed by atoms with van der Waals surface area (Å²) >= 11 is 0. The molecule has 3 aliphatic carbocycles. The van der Waals surface area contributed by atoms with Gasteiger partial charge in [0.05, 0.1) is 11.9 Å². The first-order valence-electron chi connectivity index (χ1n) is 11.6. The molecule has 0 amide bonds. The zero-order chi connectivity index (χ0) is 23.0. The third-order valence-corrected chi connectivity index (χ3v) is 8.32. The lowest BCUT2D eigenvalue weighted by Gasteiger charge is -2.54. The second-order valence-electron chi connectivity index (χ2n) is 10.8. The number of rotatable bonds is 6. The molecule has 172 valence electrons. The number of allylic oxidation sites excluding steroid dienone is 2. The minimum absolute atomic E-state index is 0.0103. The summed E-state index contributed by atoms with van der Waals surface area (Å²) in [6, 6.07) is 0. The molecule has 5 heteroatoms. The molecule has 0 aromatic heterocycles. The first kappa shape index (κ1) is 23.9. The van der Waals surface area contributed by atoms with Crippen LogP contribution in [0.4, 0.5) is 0 Å². The summed E-state index contributed by atoms with van der Waals surface area (Å²) in [5, 5.41) is 0. The fraction of sp³-hybridized carbons (Fsp3) is 0.731. The van der Waals surface area contributed by atoms with Crippen molar-refractivity contribution in [2.75, 3.05) is 7.11 Å². The Kier molecular flexibility index (Phi) is 6.95. The molecule has 3 saturated carbocycles. The highest BCUT2D eigenvalue weighted by Crippen LogP contribution is 2.61. The third kappa shape index (κ3) is 4.72. The minimum Gasteiger partial charge on any atom is -0.432 e. The highest BCUT2D eigenvalue weighted by molar-refractivity contribution is 5.89. The van der Waals surface area contributed by atoms with Crippen LogP contribution in [0, 0.1) is 35.0 Å². The zero-order valence-corrected chi connectivity index (χ0v) is 19.9. The molecule has 7 atom stereocenters. The Balaban J connectivity index is 1.96. The number of hydrogen-bond donors (Lipinski definition) is 0. The van der Waals surface area contributed by atoms with E-state index in [4.69, 9.17) is 9.47 Å². The topological polar surface area (TPSA) is 69.7 Å². The van der Waals surface area contributed by atoms with E-state index in [-0.39, 0.29) is 52.7 Å². The van der Waals surface area contributed by atoms with Crippen LogP contribution in [0.25, 0.3) is 0 Å². The van der Waals surface area contributed by atoms with Crippen LogP contribution in [-0.4, -0.2) is 30.2 Å². The summed E-state index contributed by atoms with van der Waals surface area (Å²) in [6.07, 6.45) is 9.66. The van der Waals surface area contributed by atoms with Gasteiger partial charge in [-0.1, -0.05) is 12.5 Å². The second-order valence-corrected chi connectivity index (χ2v) is 10.8. The lowest BCUT2D eigenvalue weighted by Crippen LogP contribution is -2.52. The van der Waals surface area contributed by atoms with E-state index in [0.29, 0.717) is 5.92 Å². The summed E-state index contributed by atoms with van der Waals surface area (Å²) in [5.74, 6) is -0.00553. The zero-order valence-electron chi connectivity index (χ0n) is 19.9. The largest absolute Gasteiger partial charge is 0.432 e. The van der Waals surface area contributed by atoms with Crippen LogP contribution < -0.4 is 0 Å². The molecule has 0 aromatic carbocycles. The maximum atomic E-state index is 13.8. The van der Waals surface area contributed by atoms with E-state index in [0.717, 1.165) is 37.7 Å². The number of fused-ring (bicyclic) bond motifs is 1. The number of carbonyl (C=O) groups is 3. The van der Waals surface area contributed by atoms with E-state index in [1.165, 1.54) is 12.3 Å². The molecular weight excluding hydrogens is 392 g/mol. The molecule has 3 fully saturated rings. The van der Waals surface area contributed by atoms with Gasteiger partial charge in [-0.15, -0.1) is 0 Å². The van der Waals surface area contributed by atoms with E-state index < -0.39 is 5.97 Å². The van der Waals surface area contributed by atoms with Gasteiger partial charge in [0.15, 0.2) is 0 Å². The Hall–Kier alpha value is -1.75. The number of hydrogen-bond acceptors (Lipinski definition) is 5. The Morgan fingerprint density at radius 1 is 1.13 bits per heavy atom. The van der Waals surface area contributed by atoms with Gasteiger partial charge in [0.2, 0.25) is 0 Å². The third-order valence-electron chi connectivity index (χ3n) is 8.32. The fourth-order valence-electron chi connectivity index (χ4n) is 6.72. The first-order chi connectivity index (χ1) is 14.5. The Labute approximate surface area is 186 Å². The smallest absolute Gasteiger partial charge is 0.335 e. The Morgan fingerprint density at radius 3 is 2.45 bits per heavy atom. The van der Waals surface area contributed by atoms with E-state index in [2.05, 4.69) is 13.8 Å².